The molecule has 0 saturated heterocycles. The van der Waals surface area contributed by atoms with Crippen molar-refractivity contribution in [2.75, 3.05) is 6.61 Å². The van der Waals surface area contributed by atoms with E-state index in [-0.39, 0.29) is 17.4 Å². The molecular formula is C9H11NO3. The number of hydrogen-bond donors (Lipinski definition) is 3. The Morgan fingerprint density at radius 2 is 2.08 bits per heavy atom. The number of nitrogens with one attached hydrogen (secondary N) is 1. The summed E-state index contributed by atoms with van der Waals surface area (Å²) in [5.74, 6) is -0.465. The first-order chi connectivity index (χ1) is 6.15. The van der Waals surface area contributed by atoms with Crippen LogP contribution >= 0.6 is 0 Å². The second-order valence-electron chi connectivity index (χ2n) is 2.47. The molecule has 13 heavy (non-hydrogen) atoms. The van der Waals surface area contributed by atoms with Gasteiger partial charge < -0.3 is 14.9 Å². The standard InChI is InChI=1S/C9H11NO3/c1-2-13-9(10)6-3-4-7(11)8(12)5-6/h3-5,10-12H,2H2,1H3. The molecule has 0 amide bonds. The highest BCUT2D eigenvalue weighted by molar-refractivity contribution is 5.92. The van der Waals surface area contributed by atoms with Crippen LogP contribution < -0.4 is 0 Å². The molecular weight excluding hydrogens is 170 g/mol. The fraction of sp³-hybridized carbons (Fsp3) is 0.222. The first-order valence-electron chi connectivity index (χ1n) is 3.89. The summed E-state index contributed by atoms with van der Waals surface area (Å²) in [6.45, 7) is 2.18. The lowest BCUT2D eigenvalue weighted by atomic mass is 10.2. The Bertz CT molecular complexity index is 323. The first kappa shape index (κ1) is 9.38. The molecule has 1 aromatic rings. The maximum Gasteiger partial charge on any atom is 0.213 e. The van der Waals surface area contributed by atoms with E-state index in [1.807, 2.05) is 0 Å². The van der Waals surface area contributed by atoms with Crippen molar-refractivity contribution in [2.45, 2.75) is 6.92 Å². The van der Waals surface area contributed by atoms with Crippen LogP contribution in [-0.2, 0) is 4.74 Å². The van der Waals surface area contributed by atoms with Gasteiger partial charge in [0, 0.05) is 5.56 Å². The Morgan fingerprint density at radius 1 is 1.38 bits per heavy atom. The van der Waals surface area contributed by atoms with Crippen molar-refractivity contribution >= 4 is 5.90 Å². The van der Waals surface area contributed by atoms with Gasteiger partial charge in [-0.2, -0.15) is 0 Å². The van der Waals surface area contributed by atoms with Gasteiger partial charge in [0.1, 0.15) is 0 Å². The van der Waals surface area contributed by atoms with Gasteiger partial charge in [-0.25, -0.2) is 0 Å². The van der Waals surface area contributed by atoms with Crippen LogP contribution in [0.5, 0.6) is 11.5 Å². The number of phenolic OH excluding ortho intramolecular Hbond substituents is 2. The number of ether oxygens (including phenoxy) is 1. The Kier molecular flexibility index (Phi) is 2.74. The summed E-state index contributed by atoms with van der Waals surface area (Å²) in [5.41, 5.74) is 0.442. The summed E-state index contributed by atoms with van der Waals surface area (Å²) in [4.78, 5) is 0. The zero-order valence-corrected chi connectivity index (χ0v) is 7.24. The predicted octanol–water partition coefficient (Wildman–Crippen LogP) is 1.46. The van der Waals surface area contributed by atoms with Gasteiger partial charge in [0.25, 0.3) is 0 Å². The van der Waals surface area contributed by atoms with Crippen LogP contribution in [0.3, 0.4) is 0 Å². The molecule has 0 fully saturated rings. The van der Waals surface area contributed by atoms with E-state index in [0.29, 0.717) is 12.2 Å². The third kappa shape index (κ3) is 2.11. The molecule has 0 spiro atoms. The van der Waals surface area contributed by atoms with Crippen molar-refractivity contribution < 1.29 is 14.9 Å². The van der Waals surface area contributed by atoms with Crippen LogP contribution in [0.2, 0.25) is 0 Å². The van der Waals surface area contributed by atoms with Gasteiger partial charge in [-0.1, -0.05) is 0 Å². The topological polar surface area (TPSA) is 73.5 Å². The van der Waals surface area contributed by atoms with Crippen molar-refractivity contribution in [3.8, 4) is 11.5 Å². The summed E-state index contributed by atoms with van der Waals surface area (Å²) >= 11 is 0. The second kappa shape index (κ2) is 3.80. The lowest BCUT2D eigenvalue weighted by molar-refractivity contribution is 0.325. The second-order valence-corrected chi connectivity index (χ2v) is 2.47. The van der Waals surface area contributed by atoms with E-state index in [9.17, 15) is 0 Å². The number of rotatable bonds is 2. The number of phenols is 2. The maximum atomic E-state index is 9.11. The molecule has 3 N–H and O–H groups in total. The molecule has 1 rings (SSSR count). The number of benzene rings is 1. The summed E-state index contributed by atoms with van der Waals surface area (Å²) in [7, 11) is 0. The van der Waals surface area contributed by atoms with Crippen LogP contribution in [0, 0.1) is 5.41 Å². The monoisotopic (exact) mass is 181 g/mol. The predicted molar refractivity (Wildman–Crippen MR) is 48.2 cm³/mol. The van der Waals surface area contributed by atoms with E-state index in [2.05, 4.69) is 0 Å². The van der Waals surface area contributed by atoms with Crippen molar-refractivity contribution in [1.82, 2.24) is 0 Å². The summed E-state index contributed by atoms with van der Waals surface area (Å²) in [5, 5.41) is 25.5. The van der Waals surface area contributed by atoms with Crippen LogP contribution in [0.15, 0.2) is 18.2 Å². The third-order valence-electron chi connectivity index (χ3n) is 1.53. The minimum atomic E-state index is -0.248. The summed E-state index contributed by atoms with van der Waals surface area (Å²) < 4.78 is 4.91. The average molecular weight is 181 g/mol. The van der Waals surface area contributed by atoms with Gasteiger partial charge >= 0.3 is 0 Å². The molecule has 0 radical (unpaired) electrons. The molecule has 4 heteroatoms. The van der Waals surface area contributed by atoms with Crippen molar-refractivity contribution in [1.29, 1.82) is 5.41 Å². The molecule has 0 aliphatic heterocycles. The quantitative estimate of drug-likeness (QED) is 0.367. The first-order valence-corrected chi connectivity index (χ1v) is 3.89. The Morgan fingerprint density at radius 3 is 2.62 bits per heavy atom. The molecule has 0 aliphatic rings. The molecule has 0 aromatic heterocycles. The van der Waals surface area contributed by atoms with Crippen LogP contribution in [-0.4, -0.2) is 22.7 Å². The van der Waals surface area contributed by atoms with Crippen molar-refractivity contribution in [2.24, 2.45) is 0 Å². The molecule has 0 bridgehead atoms. The van der Waals surface area contributed by atoms with Crippen molar-refractivity contribution in [3.05, 3.63) is 23.8 Å². The highest BCUT2D eigenvalue weighted by atomic mass is 16.5. The highest BCUT2D eigenvalue weighted by Gasteiger charge is 2.05. The van der Waals surface area contributed by atoms with Gasteiger partial charge in [-0.05, 0) is 25.1 Å². The molecule has 0 unspecified atom stereocenters. The van der Waals surface area contributed by atoms with E-state index in [4.69, 9.17) is 20.4 Å². The van der Waals surface area contributed by atoms with E-state index in [1.54, 1.807) is 6.92 Å². The Hall–Kier alpha value is -1.71. The Balaban J connectivity index is 2.90. The van der Waals surface area contributed by atoms with Gasteiger partial charge in [-0.15, -0.1) is 0 Å². The third-order valence-corrected chi connectivity index (χ3v) is 1.53. The van der Waals surface area contributed by atoms with Gasteiger partial charge in [0.15, 0.2) is 11.5 Å². The average Bonchev–Trinajstić information content (AvgIpc) is 2.10. The maximum absolute atomic E-state index is 9.11. The van der Waals surface area contributed by atoms with Gasteiger partial charge in [0.2, 0.25) is 5.90 Å². The van der Waals surface area contributed by atoms with E-state index in [1.165, 1.54) is 18.2 Å². The molecule has 1 aromatic carbocycles. The normalized spacial score (nSPS) is 9.62. The SMILES string of the molecule is CCOC(=N)c1ccc(O)c(O)c1. The molecule has 0 atom stereocenters. The summed E-state index contributed by atoms with van der Waals surface area (Å²) in [6, 6.07) is 4.11. The van der Waals surface area contributed by atoms with E-state index in [0.717, 1.165) is 0 Å². The number of hydrogen-bond acceptors (Lipinski definition) is 4. The van der Waals surface area contributed by atoms with Crippen LogP contribution in [0.25, 0.3) is 0 Å². The molecule has 0 aliphatic carbocycles. The van der Waals surface area contributed by atoms with Crippen LogP contribution in [0.1, 0.15) is 12.5 Å². The zero-order valence-electron chi connectivity index (χ0n) is 7.24. The van der Waals surface area contributed by atoms with Gasteiger partial charge in [0.05, 0.1) is 6.61 Å². The van der Waals surface area contributed by atoms with E-state index < -0.39 is 0 Å². The minimum absolute atomic E-state index is 0.0159. The molecule has 4 nitrogen and oxygen atoms in total. The van der Waals surface area contributed by atoms with E-state index >= 15 is 0 Å². The molecule has 0 heterocycles. The number of aromatic hydroxyl groups is 2. The van der Waals surface area contributed by atoms with Crippen molar-refractivity contribution in [3.63, 3.8) is 0 Å². The lowest BCUT2D eigenvalue weighted by Crippen LogP contribution is -2.03. The van der Waals surface area contributed by atoms with Crippen LogP contribution in [0.4, 0.5) is 0 Å². The van der Waals surface area contributed by atoms with Gasteiger partial charge in [-0.3, -0.25) is 5.41 Å². The fourth-order valence-electron chi connectivity index (χ4n) is 0.892. The fourth-order valence-corrected chi connectivity index (χ4v) is 0.892. The molecule has 0 saturated carbocycles. The zero-order chi connectivity index (χ0) is 9.84. The molecule has 70 valence electrons. The minimum Gasteiger partial charge on any atom is -0.504 e. The smallest absolute Gasteiger partial charge is 0.213 e. The largest absolute Gasteiger partial charge is 0.504 e. The summed E-state index contributed by atoms with van der Waals surface area (Å²) in [6.07, 6.45) is 0. The lowest BCUT2D eigenvalue weighted by Gasteiger charge is -2.05. The highest BCUT2D eigenvalue weighted by Crippen LogP contribution is 2.24. The Labute approximate surface area is 75.9 Å².